The average Bonchev–Trinajstić information content (AvgIpc) is 2.69. The molecule has 1 aromatic carbocycles. The second kappa shape index (κ2) is 6.97. The van der Waals surface area contributed by atoms with Crippen LogP contribution in [0.5, 0.6) is 0 Å². The molecule has 0 unspecified atom stereocenters. The number of hydrogen-bond donors (Lipinski definition) is 0. The number of hydrogen-bond acceptors (Lipinski definition) is 5. The molecule has 19 heavy (non-hydrogen) atoms. The number of benzene rings is 1. The summed E-state index contributed by atoms with van der Waals surface area (Å²) in [6.45, 7) is 0.0237. The molecule has 1 aliphatic heterocycles. The summed E-state index contributed by atoms with van der Waals surface area (Å²) in [6.07, 6.45) is -0.947. The molecule has 2 amide bonds. The fraction of sp³-hybridized carbons (Fsp3) is 0.250. The van der Waals surface area contributed by atoms with E-state index in [2.05, 4.69) is 4.84 Å². The third kappa shape index (κ3) is 4.12. The van der Waals surface area contributed by atoms with Crippen molar-refractivity contribution >= 4 is 36.8 Å². The Labute approximate surface area is 121 Å². The van der Waals surface area contributed by atoms with E-state index in [0.717, 1.165) is 5.56 Å². The Morgan fingerprint density at radius 1 is 1.11 bits per heavy atom. The zero-order chi connectivity index (χ0) is 13.0. The first-order valence-corrected chi connectivity index (χ1v) is 5.41. The Balaban J connectivity index is 0.00000180. The monoisotopic (exact) mass is 256 g/mol. The van der Waals surface area contributed by atoms with Crippen molar-refractivity contribution in [3.8, 4) is 0 Å². The molecule has 0 aliphatic carbocycles. The van der Waals surface area contributed by atoms with Crippen LogP contribution in [0.25, 0.3) is 0 Å². The van der Waals surface area contributed by atoms with Gasteiger partial charge in [-0.2, -0.15) is 0 Å². The SMILES string of the molecule is O=C(OCc1ccccc1)ON1C(=O)CCC1=O.[Li]. The second-order valence-corrected chi connectivity index (χ2v) is 3.70. The summed E-state index contributed by atoms with van der Waals surface area (Å²) in [5, 5.41) is 0.452. The summed E-state index contributed by atoms with van der Waals surface area (Å²) in [5.74, 6) is -1.06. The number of carbonyl (C=O) groups is 3. The van der Waals surface area contributed by atoms with Gasteiger partial charge < -0.3 is 4.74 Å². The third-order valence-corrected chi connectivity index (χ3v) is 2.37. The van der Waals surface area contributed by atoms with Crippen LogP contribution in [0, 0.1) is 0 Å². The molecule has 0 atom stereocenters. The largest absolute Gasteiger partial charge is 0.534 e. The van der Waals surface area contributed by atoms with Crippen LogP contribution in [0.2, 0.25) is 0 Å². The molecule has 1 fully saturated rings. The van der Waals surface area contributed by atoms with Crippen LogP contribution in [-0.2, 0) is 25.8 Å². The van der Waals surface area contributed by atoms with Crippen molar-refractivity contribution < 1.29 is 24.0 Å². The van der Waals surface area contributed by atoms with E-state index in [0.29, 0.717) is 5.06 Å². The molecule has 0 aromatic heterocycles. The van der Waals surface area contributed by atoms with Crippen LogP contribution in [0.15, 0.2) is 30.3 Å². The number of carbonyl (C=O) groups excluding carboxylic acids is 3. The summed E-state index contributed by atoms with van der Waals surface area (Å²) in [4.78, 5) is 38.1. The number of rotatable bonds is 3. The predicted octanol–water partition coefficient (Wildman–Crippen LogP) is 1.02. The van der Waals surface area contributed by atoms with E-state index in [1.54, 1.807) is 24.3 Å². The van der Waals surface area contributed by atoms with E-state index in [1.165, 1.54) is 0 Å². The Hall–Kier alpha value is -1.77. The van der Waals surface area contributed by atoms with Crippen molar-refractivity contribution in [1.29, 1.82) is 0 Å². The number of ether oxygens (including phenoxy) is 1. The molecule has 0 N–H and O–H groups in total. The van der Waals surface area contributed by atoms with Gasteiger partial charge in [0, 0.05) is 31.7 Å². The minimum Gasteiger partial charge on any atom is -0.428 e. The molecule has 1 heterocycles. The Bertz CT molecular complexity index is 460. The van der Waals surface area contributed by atoms with Gasteiger partial charge in [0.05, 0.1) is 0 Å². The topological polar surface area (TPSA) is 72.9 Å². The Morgan fingerprint density at radius 2 is 1.68 bits per heavy atom. The van der Waals surface area contributed by atoms with E-state index >= 15 is 0 Å². The predicted molar refractivity (Wildman–Crippen MR) is 64.6 cm³/mol. The van der Waals surface area contributed by atoms with E-state index in [4.69, 9.17) is 4.74 Å². The molecule has 1 aliphatic rings. The molecule has 0 bridgehead atoms. The number of nitrogens with zero attached hydrogens (tertiary/aromatic N) is 1. The number of amides is 2. The van der Waals surface area contributed by atoms with Crippen LogP contribution >= 0.6 is 0 Å². The van der Waals surface area contributed by atoms with Crippen molar-refractivity contribution in [1.82, 2.24) is 5.06 Å². The third-order valence-electron chi connectivity index (χ3n) is 2.37. The van der Waals surface area contributed by atoms with Gasteiger partial charge in [-0.25, -0.2) is 4.79 Å². The summed E-state index contributed by atoms with van der Waals surface area (Å²) in [6, 6.07) is 9.00. The maximum atomic E-state index is 11.3. The van der Waals surface area contributed by atoms with Gasteiger partial charge in [-0.3, -0.25) is 14.4 Å². The maximum Gasteiger partial charge on any atom is 0.534 e. The minimum absolute atomic E-state index is 0. The molecule has 2 rings (SSSR count). The Morgan fingerprint density at radius 3 is 2.26 bits per heavy atom. The first-order chi connectivity index (χ1) is 8.66. The van der Waals surface area contributed by atoms with Crippen molar-refractivity contribution in [3.05, 3.63) is 35.9 Å². The molecule has 6 nitrogen and oxygen atoms in total. The van der Waals surface area contributed by atoms with Gasteiger partial charge in [-0.1, -0.05) is 35.4 Å². The van der Waals surface area contributed by atoms with Gasteiger partial charge in [0.15, 0.2) is 0 Å². The van der Waals surface area contributed by atoms with Crippen LogP contribution in [-0.4, -0.2) is 41.9 Å². The summed E-state index contributed by atoms with van der Waals surface area (Å²) in [5.41, 5.74) is 0.786. The van der Waals surface area contributed by atoms with Gasteiger partial charge in [-0.15, -0.1) is 0 Å². The van der Waals surface area contributed by atoms with Crippen molar-refractivity contribution in [2.75, 3.05) is 0 Å². The summed E-state index contributed by atoms with van der Waals surface area (Å²) >= 11 is 0. The molecular formula is C12H11LiNO5. The Kier molecular flexibility index (Phi) is 5.61. The van der Waals surface area contributed by atoms with Gasteiger partial charge in [-0.05, 0) is 5.56 Å². The zero-order valence-corrected chi connectivity index (χ0v) is 10.5. The zero-order valence-electron chi connectivity index (χ0n) is 10.5. The van der Waals surface area contributed by atoms with Crippen molar-refractivity contribution in [2.24, 2.45) is 0 Å². The molecular weight excluding hydrogens is 245 g/mol. The quantitative estimate of drug-likeness (QED) is 0.458. The minimum atomic E-state index is -1.07. The second-order valence-electron chi connectivity index (χ2n) is 3.70. The molecule has 1 saturated heterocycles. The van der Waals surface area contributed by atoms with Crippen LogP contribution < -0.4 is 0 Å². The molecule has 1 aromatic rings. The van der Waals surface area contributed by atoms with E-state index < -0.39 is 18.0 Å². The van der Waals surface area contributed by atoms with Gasteiger partial charge in [0.2, 0.25) is 0 Å². The molecule has 1 radical (unpaired) electrons. The fourth-order valence-electron chi connectivity index (χ4n) is 1.48. The van der Waals surface area contributed by atoms with Crippen molar-refractivity contribution in [3.63, 3.8) is 0 Å². The average molecular weight is 256 g/mol. The summed E-state index contributed by atoms with van der Waals surface area (Å²) in [7, 11) is 0. The van der Waals surface area contributed by atoms with E-state index in [9.17, 15) is 14.4 Å². The van der Waals surface area contributed by atoms with Gasteiger partial charge in [0.25, 0.3) is 11.8 Å². The van der Waals surface area contributed by atoms with Gasteiger partial charge >= 0.3 is 6.16 Å². The first-order valence-electron chi connectivity index (χ1n) is 5.41. The molecule has 7 heteroatoms. The molecule has 0 saturated carbocycles. The van der Waals surface area contributed by atoms with Crippen molar-refractivity contribution in [2.45, 2.75) is 19.4 Å². The first kappa shape index (κ1) is 15.3. The van der Waals surface area contributed by atoms with Gasteiger partial charge in [0.1, 0.15) is 6.61 Å². The fourth-order valence-corrected chi connectivity index (χ4v) is 1.48. The molecule has 0 spiro atoms. The van der Waals surface area contributed by atoms with E-state index in [1.807, 2.05) is 6.07 Å². The van der Waals surface area contributed by atoms with Crippen LogP contribution in [0.4, 0.5) is 4.79 Å². The standard InChI is InChI=1S/C12H11NO5.Li/c14-10-6-7-11(15)13(10)18-12(16)17-8-9-4-2-1-3-5-9;/h1-5H,6-8H2;. The van der Waals surface area contributed by atoms with Crippen LogP contribution in [0.1, 0.15) is 18.4 Å². The maximum absolute atomic E-state index is 11.3. The van der Waals surface area contributed by atoms with E-state index in [-0.39, 0.29) is 38.3 Å². The molecule has 95 valence electrons. The number of hydroxylamine groups is 2. The smallest absolute Gasteiger partial charge is 0.428 e. The number of imide groups is 1. The normalized spacial score (nSPS) is 14.0. The van der Waals surface area contributed by atoms with Crippen LogP contribution in [0.3, 0.4) is 0 Å². The summed E-state index contributed by atoms with van der Waals surface area (Å²) < 4.78 is 4.78.